The first-order valence-electron chi connectivity index (χ1n) is 11.1. The van der Waals surface area contributed by atoms with E-state index in [-0.39, 0.29) is 11.5 Å². The van der Waals surface area contributed by atoms with Crippen LogP contribution < -0.4 is 5.56 Å². The molecule has 2 heterocycles. The number of aryl methyl sites for hydroxylation is 2. The van der Waals surface area contributed by atoms with E-state index in [4.69, 9.17) is 4.98 Å². The summed E-state index contributed by atoms with van der Waals surface area (Å²) in [6.45, 7) is 5.10. The first kappa shape index (κ1) is 21.0. The molecule has 0 atom stereocenters. The van der Waals surface area contributed by atoms with Gasteiger partial charge in [-0.1, -0.05) is 55.3 Å². The molecule has 1 amide bonds. The lowest BCUT2D eigenvalue weighted by Crippen LogP contribution is -2.39. The van der Waals surface area contributed by atoms with Crippen molar-refractivity contribution < 1.29 is 4.79 Å². The molecule has 0 aliphatic carbocycles. The smallest absolute Gasteiger partial charge is 0.256 e. The number of nitrogens with one attached hydrogen (secondary N) is 1. The number of H-pyrrole nitrogens is 1. The van der Waals surface area contributed by atoms with Crippen LogP contribution in [0.1, 0.15) is 63.9 Å². The minimum atomic E-state index is -0.139. The van der Waals surface area contributed by atoms with Crippen molar-refractivity contribution >= 4 is 5.91 Å². The SMILES string of the molecule is CCCCc1ccc(C(=O)N2CCc3nc(Cc4ccc(C)cc4)[nH]c(=O)c3C2)cc1. The number of carbonyl (C=O) groups excluding carboxylic acids is 1. The fraction of sp³-hybridized carbons (Fsp3) is 0.346. The third-order valence-corrected chi connectivity index (χ3v) is 5.92. The molecule has 0 saturated heterocycles. The fourth-order valence-electron chi connectivity index (χ4n) is 4.01. The maximum Gasteiger partial charge on any atom is 0.256 e. The summed E-state index contributed by atoms with van der Waals surface area (Å²) in [6, 6.07) is 16.1. The lowest BCUT2D eigenvalue weighted by atomic mass is 10.0. The van der Waals surface area contributed by atoms with Crippen LogP contribution in [0.15, 0.2) is 53.3 Å². The monoisotopic (exact) mass is 415 g/mol. The molecule has 0 unspecified atom stereocenters. The molecule has 1 N–H and O–H groups in total. The number of rotatable bonds is 6. The summed E-state index contributed by atoms with van der Waals surface area (Å²) < 4.78 is 0. The van der Waals surface area contributed by atoms with Crippen molar-refractivity contribution in [1.82, 2.24) is 14.9 Å². The van der Waals surface area contributed by atoms with Gasteiger partial charge in [-0.15, -0.1) is 0 Å². The molecule has 3 aromatic rings. The van der Waals surface area contributed by atoms with Crippen LogP contribution in [0.4, 0.5) is 0 Å². The highest BCUT2D eigenvalue weighted by molar-refractivity contribution is 5.94. The lowest BCUT2D eigenvalue weighted by Gasteiger charge is -2.28. The van der Waals surface area contributed by atoms with Gasteiger partial charge in [-0.05, 0) is 43.0 Å². The minimum absolute atomic E-state index is 0.0316. The van der Waals surface area contributed by atoms with E-state index in [1.54, 1.807) is 4.90 Å². The standard InChI is InChI=1S/C26H29N3O2/c1-3-4-5-19-10-12-21(13-11-19)26(31)29-15-14-23-22(17-29)25(30)28-24(27-23)16-20-8-6-18(2)7-9-20/h6-13H,3-5,14-17H2,1-2H3,(H,27,28,30). The Bertz CT molecular complexity index is 1110. The average Bonchev–Trinajstić information content (AvgIpc) is 2.79. The highest BCUT2D eigenvalue weighted by atomic mass is 16.2. The molecule has 0 saturated carbocycles. The van der Waals surface area contributed by atoms with Crippen LogP contribution in [0.2, 0.25) is 0 Å². The topological polar surface area (TPSA) is 66.1 Å². The second kappa shape index (κ2) is 9.29. The molecule has 2 aromatic carbocycles. The number of hydrogen-bond donors (Lipinski definition) is 1. The van der Waals surface area contributed by atoms with Gasteiger partial charge in [0.15, 0.2) is 0 Å². The van der Waals surface area contributed by atoms with Crippen molar-refractivity contribution in [3.05, 3.63) is 98.2 Å². The molecule has 5 nitrogen and oxygen atoms in total. The molecule has 5 heteroatoms. The van der Waals surface area contributed by atoms with Crippen LogP contribution in [0, 0.1) is 6.92 Å². The Kier molecular flexibility index (Phi) is 6.31. The molecule has 1 aliphatic heterocycles. The Labute approximate surface area is 183 Å². The van der Waals surface area contributed by atoms with Crippen LogP contribution in [0.25, 0.3) is 0 Å². The maximum absolute atomic E-state index is 13.0. The van der Waals surface area contributed by atoms with E-state index in [0.29, 0.717) is 42.9 Å². The van der Waals surface area contributed by atoms with Gasteiger partial charge in [0.2, 0.25) is 0 Å². The second-order valence-corrected chi connectivity index (χ2v) is 8.38. The molecular weight excluding hydrogens is 386 g/mol. The Morgan fingerprint density at radius 2 is 1.77 bits per heavy atom. The van der Waals surface area contributed by atoms with Gasteiger partial charge in [0.05, 0.1) is 17.8 Å². The van der Waals surface area contributed by atoms with Crippen LogP contribution in [-0.2, 0) is 25.8 Å². The first-order valence-corrected chi connectivity index (χ1v) is 11.1. The molecular formula is C26H29N3O2. The molecule has 1 aliphatic rings. The van der Waals surface area contributed by atoms with Crippen molar-refractivity contribution in [3.63, 3.8) is 0 Å². The van der Waals surface area contributed by atoms with E-state index in [0.717, 1.165) is 30.5 Å². The number of nitrogens with zero attached hydrogens (tertiary/aromatic N) is 2. The molecule has 0 fully saturated rings. The molecule has 1 aromatic heterocycles. The largest absolute Gasteiger partial charge is 0.334 e. The summed E-state index contributed by atoms with van der Waals surface area (Å²) in [5.41, 5.74) is 5.52. The Hall–Kier alpha value is -3.21. The van der Waals surface area contributed by atoms with Gasteiger partial charge in [-0.3, -0.25) is 9.59 Å². The normalized spacial score (nSPS) is 13.2. The van der Waals surface area contributed by atoms with Crippen molar-refractivity contribution in [1.29, 1.82) is 0 Å². The van der Waals surface area contributed by atoms with E-state index in [9.17, 15) is 9.59 Å². The van der Waals surface area contributed by atoms with Crippen molar-refractivity contribution in [2.45, 2.75) is 52.5 Å². The number of unbranched alkanes of at least 4 members (excludes halogenated alkanes) is 1. The molecule has 4 rings (SSSR count). The number of benzene rings is 2. The van der Waals surface area contributed by atoms with E-state index in [2.05, 4.69) is 43.1 Å². The second-order valence-electron chi connectivity index (χ2n) is 8.38. The third kappa shape index (κ3) is 4.93. The van der Waals surface area contributed by atoms with Gasteiger partial charge in [0, 0.05) is 24.9 Å². The van der Waals surface area contributed by atoms with Gasteiger partial charge >= 0.3 is 0 Å². The average molecular weight is 416 g/mol. The van der Waals surface area contributed by atoms with E-state index < -0.39 is 0 Å². The summed E-state index contributed by atoms with van der Waals surface area (Å²) in [4.78, 5) is 35.1. The van der Waals surface area contributed by atoms with Crippen molar-refractivity contribution in [2.24, 2.45) is 0 Å². The van der Waals surface area contributed by atoms with E-state index in [1.165, 1.54) is 11.1 Å². The highest BCUT2D eigenvalue weighted by Crippen LogP contribution is 2.18. The van der Waals surface area contributed by atoms with Gasteiger partial charge in [-0.25, -0.2) is 4.98 Å². The number of aromatic nitrogens is 2. The zero-order valence-electron chi connectivity index (χ0n) is 18.3. The number of carbonyl (C=O) groups is 1. The van der Waals surface area contributed by atoms with Crippen molar-refractivity contribution in [3.8, 4) is 0 Å². The fourth-order valence-corrected chi connectivity index (χ4v) is 4.01. The quantitative estimate of drug-likeness (QED) is 0.656. The maximum atomic E-state index is 13.0. The Morgan fingerprint density at radius 3 is 2.48 bits per heavy atom. The van der Waals surface area contributed by atoms with Crippen LogP contribution in [0.5, 0.6) is 0 Å². The summed E-state index contributed by atoms with van der Waals surface area (Å²) in [6.07, 6.45) is 4.53. The number of fused-ring (bicyclic) bond motifs is 1. The van der Waals surface area contributed by atoms with Crippen LogP contribution in [0.3, 0.4) is 0 Å². The summed E-state index contributed by atoms with van der Waals surface area (Å²) in [7, 11) is 0. The molecule has 160 valence electrons. The number of amides is 1. The van der Waals surface area contributed by atoms with Crippen LogP contribution >= 0.6 is 0 Å². The van der Waals surface area contributed by atoms with Crippen LogP contribution in [-0.4, -0.2) is 27.3 Å². The van der Waals surface area contributed by atoms with E-state index >= 15 is 0 Å². The first-order chi connectivity index (χ1) is 15.0. The van der Waals surface area contributed by atoms with Crippen molar-refractivity contribution in [2.75, 3.05) is 6.54 Å². The number of aromatic amines is 1. The molecule has 0 spiro atoms. The Balaban J connectivity index is 1.47. The predicted molar refractivity (Wildman–Crippen MR) is 122 cm³/mol. The summed E-state index contributed by atoms with van der Waals surface area (Å²) in [5.74, 6) is 0.644. The van der Waals surface area contributed by atoms with Gasteiger partial charge in [0.25, 0.3) is 11.5 Å². The van der Waals surface area contributed by atoms with Gasteiger partial charge in [0.1, 0.15) is 5.82 Å². The molecule has 0 radical (unpaired) electrons. The number of hydrogen-bond acceptors (Lipinski definition) is 3. The van der Waals surface area contributed by atoms with Gasteiger partial charge in [-0.2, -0.15) is 0 Å². The zero-order valence-corrected chi connectivity index (χ0v) is 18.3. The lowest BCUT2D eigenvalue weighted by molar-refractivity contribution is 0.0732. The predicted octanol–water partition coefficient (Wildman–Crippen LogP) is 4.21. The zero-order chi connectivity index (χ0) is 21.8. The summed E-state index contributed by atoms with van der Waals surface area (Å²) >= 11 is 0. The minimum Gasteiger partial charge on any atom is -0.334 e. The third-order valence-electron chi connectivity index (χ3n) is 5.92. The van der Waals surface area contributed by atoms with E-state index in [1.807, 2.05) is 24.3 Å². The Morgan fingerprint density at radius 1 is 1.06 bits per heavy atom. The highest BCUT2D eigenvalue weighted by Gasteiger charge is 2.25. The summed E-state index contributed by atoms with van der Waals surface area (Å²) in [5, 5.41) is 0. The molecule has 31 heavy (non-hydrogen) atoms. The molecule has 0 bridgehead atoms. The van der Waals surface area contributed by atoms with Gasteiger partial charge < -0.3 is 9.88 Å².